The van der Waals surface area contributed by atoms with Gasteiger partial charge in [0.1, 0.15) is 11.6 Å². The Balaban J connectivity index is 2.72. The first-order chi connectivity index (χ1) is 8.95. The summed E-state index contributed by atoms with van der Waals surface area (Å²) in [4.78, 5) is 8.24. The second kappa shape index (κ2) is 4.87. The minimum absolute atomic E-state index is 0.0848. The summed E-state index contributed by atoms with van der Waals surface area (Å²) in [6.07, 6.45) is 0. The van der Waals surface area contributed by atoms with Crippen LogP contribution in [-0.4, -0.2) is 17.0 Å². The minimum Gasteiger partial charge on any atom is -0.373 e. The largest absolute Gasteiger partial charge is 0.373 e. The van der Waals surface area contributed by atoms with Crippen molar-refractivity contribution in [2.45, 2.75) is 13.8 Å². The number of nitrogens with zero attached hydrogens (tertiary/aromatic N) is 2. The number of halogens is 3. The Hall–Kier alpha value is -2.11. The molecule has 0 amide bonds. The molecule has 1 N–H and O–H groups in total. The van der Waals surface area contributed by atoms with Crippen LogP contribution in [0.1, 0.15) is 11.4 Å². The zero-order valence-electron chi connectivity index (χ0n) is 10.7. The Labute approximate surface area is 108 Å². The van der Waals surface area contributed by atoms with Gasteiger partial charge in [-0.25, -0.2) is 23.1 Å². The van der Waals surface area contributed by atoms with Crippen LogP contribution in [0.2, 0.25) is 0 Å². The highest BCUT2D eigenvalue weighted by atomic mass is 19.2. The Bertz CT molecular complexity index is 642. The van der Waals surface area contributed by atoms with Gasteiger partial charge in [0.15, 0.2) is 17.5 Å². The highest BCUT2D eigenvalue weighted by molar-refractivity contribution is 5.68. The molecule has 0 aliphatic heterocycles. The van der Waals surface area contributed by atoms with Crippen molar-refractivity contribution < 1.29 is 13.2 Å². The van der Waals surface area contributed by atoms with Gasteiger partial charge in [-0.05, 0) is 26.0 Å². The monoisotopic (exact) mass is 267 g/mol. The lowest BCUT2D eigenvalue weighted by molar-refractivity contribution is 0.448. The van der Waals surface area contributed by atoms with Gasteiger partial charge in [0.05, 0.1) is 5.69 Å². The van der Waals surface area contributed by atoms with Crippen molar-refractivity contribution in [3.8, 4) is 11.3 Å². The third kappa shape index (κ3) is 2.25. The number of aromatic nitrogens is 2. The molecular weight excluding hydrogens is 255 g/mol. The van der Waals surface area contributed by atoms with Crippen LogP contribution in [0.5, 0.6) is 0 Å². The van der Waals surface area contributed by atoms with Crippen LogP contribution in [0.15, 0.2) is 12.1 Å². The van der Waals surface area contributed by atoms with Gasteiger partial charge in [0.2, 0.25) is 0 Å². The van der Waals surface area contributed by atoms with Gasteiger partial charge in [-0.15, -0.1) is 0 Å². The summed E-state index contributed by atoms with van der Waals surface area (Å²) in [5.74, 6) is -3.04. The van der Waals surface area contributed by atoms with Crippen LogP contribution in [0.4, 0.5) is 19.0 Å². The van der Waals surface area contributed by atoms with E-state index >= 15 is 0 Å². The summed E-state index contributed by atoms with van der Waals surface area (Å²) >= 11 is 0. The SMILES string of the molecule is CNc1nc(C)nc(-c2ccc(F)c(F)c2F)c1C. The maximum Gasteiger partial charge on any atom is 0.195 e. The molecule has 2 aromatic rings. The fraction of sp³-hybridized carbons (Fsp3) is 0.231. The Kier molecular flexibility index (Phi) is 3.42. The number of hydrogen-bond acceptors (Lipinski definition) is 3. The Morgan fingerprint density at radius 3 is 2.32 bits per heavy atom. The first kappa shape index (κ1) is 13.3. The third-order valence-corrected chi connectivity index (χ3v) is 2.78. The van der Waals surface area contributed by atoms with Gasteiger partial charge in [-0.1, -0.05) is 0 Å². The average molecular weight is 267 g/mol. The molecule has 1 aromatic carbocycles. The van der Waals surface area contributed by atoms with Gasteiger partial charge in [0.25, 0.3) is 0 Å². The van der Waals surface area contributed by atoms with Crippen LogP contribution < -0.4 is 5.32 Å². The normalized spacial score (nSPS) is 10.6. The van der Waals surface area contributed by atoms with Crippen molar-refractivity contribution >= 4 is 5.82 Å². The Morgan fingerprint density at radius 2 is 1.68 bits per heavy atom. The minimum atomic E-state index is -1.50. The van der Waals surface area contributed by atoms with Crippen molar-refractivity contribution in [3.05, 3.63) is 41.0 Å². The molecule has 19 heavy (non-hydrogen) atoms. The van der Waals surface area contributed by atoms with E-state index < -0.39 is 17.5 Å². The smallest absolute Gasteiger partial charge is 0.195 e. The first-order valence-electron chi connectivity index (χ1n) is 5.62. The van der Waals surface area contributed by atoms with E-state index in [1.165, 1.54) is 6.07 Å². The van der Waals surface area contributed by atoms with E-state index in [1.54, 1.807) is 20.9 Å². The molecule has 0 unspecified atom stereocenters. The van der Waals surface area contributed by atoms with Gasteiger partial charge in [-0.2, -0.15) is 0 Å². The fourth-order valence-corrected chi connectivity index (χ4v) is 1.84. The predicted molar refractivity (Wildman–Crippen MR) is 66.4 cm³/mol. The van der Waals surface area contributed by atoms with Gasteiger partial charge >= 0.3 is 0 Å². The lowest BCUT2D eigenvalue weighted by Gasteiger charge is -2.12. The number of anilines is 1. The van der Waals surface area contributed by atoms with Crippen LogP contribution in [0.25, 0.3) is 11.3 Å². The second-order valence-corrected chi connectivity index (χ2v) is 4.07. The van der Waals surface area contributed by atoms with Crippen LogP contribution in [0, 0.1) is 31.3 Å². The van der Waals surface area contributed by atoms with Gasteiger partial charge < -0.3 is 5.32 Å². The maximum absolute atomic E-state index is 13.8. The number of nitrogens with one attached hydrogen (secondary N) is 1. The van der Waals surface area contributed by atoms with Crippen molar-refractivity contribution in [2.24, 2.45) is 0 Å². The molecule has 100 valence electrons. The van der Waals surface area contributed by atoms with E-state index in [9.17, 15) is 13.2 Å². The van der Waals surface area contributed by atoms with Crippen LogP contribution in [-0.2, 0) is 0 Å². The van der Waals surface area contributed by atoms with Gasteiger partial charge in [0, 0.05) is 18.2 Å². The number of benzene rings is 1. The number of rotatable bonds is 2. The first-order valence-corrected chi connectivity index (χ1v) is 5.62. The molecular formula is C13H12F3N3. The molecule has 2 rings (SSSR count). The van der Waals surface area contributed by atoms with E-state index in [0.29, 0.717) is 17.2 Å². The number of hydrogen-bond donors (Lipinski definition) is 1. The summed E-state index contributed by atoms with van der Waals surface area (Å²) < 4.78 is 40.0. The van der Waals surface area contributed by atoms with Crippen molar-refractivity contribution in [2.75, 3.05) is 12.4 Å². The molecule has 0 radical (unpaired) electrons. The summed E-state index contributed by atoms with van der Waals surface area (Å²) in [6.45, 7) is 3.32. The van der Waals surface area contributed by atoms with Crippen molar-refractivity contribution in [1.82, 2.24) is 9.97 Å². The summed E-state index contributed by atoms with van der Waals surface area (Å²) in [6, 6.07) is 2.05. The number of aryl methyl sites for hydroxylation is 1. The molecule has 0 aliphatic carbocycles. The second-order valence-electron chi connectivity index (χ2n) is 4.07. The molecule has 0 aliphatic rings. The molecule has 1 heterocycles. The zero-order valence-corrected chi connectivity index (χ0v) is 10.7. The van der Waals surface area contributed by atoms with Crippen molar-refractivity contribution in [1.29, 1.82) is 0 Å². The molecule has 0 saturated carbocycles. The molecule has 0 saturated heterocycles. The quantitative estimate of drug-likeness (QED) is 0.849. The standard InChI is InChI=1S/C13H12F3N3/c1-6-12(18-7(2)19-13(6)17-3)8-4-5-9(14)11(16)10(8)15/h4-5H,1-3H3,(H,17,18,19). The summed E-state index contributed by atoms with van der Waals surface area (Å²) in [7, 11) is 1.67. The maximum atomic E-state index is 13.8. The molecule has 0 fully saturated rings. The van der Waals surface area contributed by atoms with Crippen molar-refractivity contribution in [3.63, 3.8) is 0 Å². The van der Waals surface area contributed by atoms with Crippen LogP contribution >= 0.6 is 0 Å². The van der Waals surface area contributed by atoms with Gasteiger partial charge in [-0.3, -0.25) is 0 Å². The average Bonchev–Trinajstić information content (AvgIpc) is 2.39. The lowest BCUT2D eigenvalue weighted by atomic mass is 10.1. The fourth-order valence-electron chi connectivity index (χ4n) is 1.84. The topological polar surface area (TPSA) is 37.8 Å². The van der Waals surface area contributed by atoms with Crippen LogP contribution in [0.3, 0.4) is 0 Å². The van der Waals surface area contributed by atoms with E-state index in [4.69, 9.17) is 0 Å². The molecule has 0 atom stereocenters. The molecule has 1 aromatic heterocycles. The summed E-state index contributed by atoms with van der Waals surface area (Å²) in [5.41, 5.74) is 0.727. The third-order valence-electron chi connectivity index (χ3n) is 2.78. The molecule has 3 nitrogen and oxygen atoms in total. The molecule has 0 spiro atoms. The highest BCUT2D eigenvalue weighted by Crippen LogP contribution is 2.29. The molecule has 6 heteroatoms. The lowest BCUT2D eigenvalue weighted by Crippen LogP contribution is -2.04. The predicted octanol–water partition coefficient (Wildman–Crippen LogP) is 3.22. The molecule has 0 bridgehead atoms. The van der Waals surface area contributed by atoms with E-state index in [0.717, 1.165) is 6.07 Å². The zero-order chi connectivity index (χ0) is 14.2. The van der Waals surface area contributed by atoms with E-state index in [-0.39, 0.29) is 11.3 Å². The summed E-state index contributed by atoms with van der Waals surface area (Å²) in [5, 5.41) is 2.85. The highest BCUT2D eigenvalue weighted by Gasteiger charge is 2.19. The Morgan fingerprint density at radius 1 is 1.00 bits per heavy atom. The van der Waals surface area contributed by atoms with E-state index in [1.807, 2.05) is 0 Å². The van der Waals surface area contributed by atoms with E-state index in [2.05, 4.69) is 15.3 Å².